The van der Waals surface area contributed by atoms with Gasteiger partial charge in [-0.25, -0.2) is 4.98 Å². The van der Waals surface area contributed by atoms with Crippen molar-refractivity contribution in [2.45, 2.75) is 0 Å². The normalized spacial score (nSPS) is 23.6. The molecule has 0 bridgehead atoms. The number of aromatic nitrogens is 1. The predicted molar refractivity (Wildman–Crippen MR) is 53.5 cm³/mol. The molecule has 2 aliphatic rings. The number of rotatable bonds is 0. The fraction of sp³-hybridized carbons (Fsp3) is 0.400. The summed E-state index contributed by atoms with van der Waals surface area (Å²) in [5, 5.41) is 4.08. The molecule has 1 atom stereocenters. The zero-order chi connectivity index (χ0) is 9.54. The fourth-order valence-electron chi connectivity index (χ4n) is 2.08. The Hall–Kier alpha value is -1.58. The minimum Gasteiger partial charge on any atom is -0.395 e. The van der Waals surface area contributed by atoms with Crippen LogP contribution in [-0.4, -0.2) is 30.9 Å². The molecule has 0 saturated carbocycles. The molecule has 1 unspecified atom stereocenters. The van der Waals surface area contributed by atoms with E-state index in [0.29, 0.717) is 12.5 Å². The Morgan fingerprint density at radius 1 is 1.57 bits per heavy atom. The summed E-state index contributed by atoms with van der Waals surface area (Å²) in [6.07, 6.45) is 1.81. The number of nitrogens with zero attached hydrogens (tertiary/aromatic N) is 3. The van der Waals surface area contributed by atoms with Gasteiger partial charge in [0.15, 0.2) is 0 Å². The zero-order valence-corrected chi connectivity index (χ0v) is 7.97. The summed E-state index contributed by atoms with van der Waals surface area (Å²) in [6.45, 7) is 1.65. The maximum absolute atomic E-state index is 5.13. The summed E-state index contributed by atoms with van der Waals surface area (Å²) in [7, 11) is 2.06. The summed E-state index contributed by atoms with van der Waals surface area (Å²) in [4.78, 5) is 11.6. The highest BCUT2D eigenvalue weighted by molar-refractivity contribution is 6.08. The van der Waals surface area contributed by atoms with Gasteiger partial charge in [0, 0.05) is 25.4 Å². The van der Waals surface area contributed by atoms with E-state index < -0.39 is 0 Å². The molecular formula is C10H11N3O. The van der Waals surface area contributed by atoms with E-state index in [1.807, 2.05) is 12.3 Å². The highest BCUT2D eigenvalue weighted by atomic mass is 16.6. The lowest BCUT2D eigenvalue weighted by Gasteiger charge is -2.29. The predicted octanol–water partition coefficient (Wildman–Crippen LogP) is 0.882. The quantitative estimate of drug-likeness (QED) is 0.608. The van der Waals surface area contributed by atoms with Crippen molar-refractivity contribution in [2.24, 2.45) is 11.1 Å². The maximum Gasteiger partial charge on any atom is 0.137 e. The van der Waals surface area contributed by atoms with Gasteiger partial charge in [0.2, 0.25) is 0 Å². The lowest BCUT2D eigenvalue weighted by molar-refractivity contribution is 0.156. The molecule has 0 saturated heterocycles. The Balaban J connectivity index is 2.17. The van der Waals surface area contributed by atoms with Crippen LogP contribution in [0.15, 0.2) is 23.5 Å². The molecular weight excluding hydrogens is 178 g/mol. The van der Waals surface area contributed by atoms with Gasteiger partial charge in [-0.1, -0.05) is 5.16 Å². The molecule has 0 aliphatic carbocycles. The molecule has 0 N–H and O–H groups in total. The van der Waals surface area contributed by atoms with Crippen molar-refractivity contribution in [1.82, 2.24) is 4.98 Å². The Kier molecular flexibility index (Phi) is 1.50. The SMILES string of the molecule is CN1CC2CON=C2c2cccnc21. The van der Waals surface area contributed by atoms with Crippen LogP contribution < -0.4 is 4.90 Å². The zero-order valence-electron chi connectivity index (χ0n) is 7.97. The van der Waals surface area contributed by atoms with Crippen LogP contribution in [0, 0.1) is 5.92 Å². The van der Waals surface area contributed by atoms with Gasteiger partial charge in [-0.05, 0) is 12.1 Å². The van der Waals surface area contributed by atoms with E-state index in [4.69, 9.17) is 4.84 Å². The number of hydrogen-bond acceptors (Lipinski definition) is 4. The monoisotopic (exact) mass is 189 g/mol. The number of fused-ring (bicyclic) bond motifs is 3. The largest absolute Gasteiger partial charge is 0.395 e. The molecule has 1 aromatic heterocycles. The van der Waals surface area contributed by atoms with Crippen LogP contribution in [-0.2, 0) is 4.84 Å². The Bertz CT molecular complexity index is 402. The molecule has 0 fully saturated rings. The van der Waals surface area contributed by atoms with Crippen molar-refractivity contribution >= 4 is 11.5 Å². The molecule has 0 amide bonds. The third kappa shape index (κ3) is 0.937. The van der Waals surface area contributed by atoms with Crippen LogP contribution in [0.1, 0.15) is 5.56 Å². The molecule has 4 nitrogen and oxygen atoms in total. The van der Waals surface area contributed by atoms with Crippen LogP contribution in [0.2, 0.25) is 0 Å². The Morgan fingerprint density at radius 2 is 2.50 bits per heavy atom. The van der Waals surface area contributed by atoms with Gasteiger partial charge < -0.3 is 9.74 Å². The summed E-state index contributed by atoms with van der Waals surface area (Å²) in [6, 6.07) is 3.99. The van der Waals surface area contributed by atoms with Crippen molar-refractivity contribution in [3.05, 3.63) is 23.9 Å². The standard InChI is InChI=1S/C10H11N3O/c1-13-5-7-6-14-12-9(7)8-3-2-4-11-10(8)13/h2-4,7H,5-6H2,1H3. The fourth-order valence-corrected chi connectivity index (χ4v) is 2.08. The van der Waals surface area contributed by atoms with Gasteiger partial charge in [-0.2, -0.15) is 0 Å². The minimum absolute atomic E-state index is 0.414. The summed E-state index contributed by atoms with van der Waals surface area (Å²) >= 11 is 0. The van der Waals surface area contributed by atoms with E-state index in [1.54, 1.807) is 0 Å². The molecule has 3 heterocycles. The van der Waals surface area contributed by atoms with E-state index in [9.17, 15) is 0 Å². The lowest BCUT2D eigenvalue weighted by atomic mass is 9.94. The van der Waals surface area contributed by atoms with Crippen LogP contribution in [0.3, 0.4) is 0 Å². The van der Waals surface area contributed by atoms with Gasteiger partial charge in [-0.15, -0.1) is 0 Å². The third-order valence-electron chi connectivity index (χ3n) is 2.74. The first-order chi connectivity index (χ1) is 6.86. The second-order valence-corrected chi connectivity index (χ2v) is 3.72. The summed E-state index contributed by atoms with van der Waals surface area (Å²) in [5.41, 5.74) is 2.18. The summed E-state index contributed by atoms with van der Waals surface area (Å²) < 4.78 is 0. The number of anilines is 1. The van der Waals surface area contributed by atoms with Crippen LogP contribution in [0.4, 0.5) is 5.82 Å². The van der Waals surface area contributed by atoms with E-state index in [-0.39, 0.29) is 0 Å². The van der Waals surface area contributed by atoms with Gasteiger partial charge >= 0.3 is 0 Å². The van der Waals surface area contributed by atoms with Crippen molar-refractivity contribution < 1.29 is 4.84 Å². The third-order valence-corrected chi connectivity index (χ3v) is 2.74. The molecule has 0 aromatic carbocycles. The molecule has 2 aliphatic heterocycles. The van der Waals surface area contributed by atoms with E-state index in [2.05, 4.69) is 28.2 Å². The van der Waals surface area contributed by atoms with E-state index in [0.717, 1.165) is 23.6 Å². The number of oxime groups is 1. The van der Waals surface area contributed by atoms with Gasteiger partial charge in [0.05, 0.1) is 11.6 Å². The average molecular weight is 189 g/mol. The van der Waals surface area contributed by atoms with Crippen molar-refractivity contribution in [1.29, 1.82) is 0 Å². The first-order valence-electron chi connectivity index (χ1n) is 4.72. The molecule has 0 radical (unpaired) electrons. The minimum atomic E-state index is 0.414. The van der Waals surface area contributed by atoms with Crippen molar-refractivity contribution in [3.63, 3.8) is 0 Å². The van der Waals surface area contributed by atoms with Crippen LogP contribution >= 0.6 is 0 Å². The lowest BCUT2D eigenvalue weighted by Crippen LogP contribution is -2.37. The number of pyridine rings is 1. The first kappa shape index (κ1) is 7.79. The Morgan fingerprint density at radius 3 is 3.43 bits per heavy atom. The average Bonchev–Trinajstić information content (AvgIpc) is 2.66. The van der Waals surface area contributed by atoms with Crippen LogP contribution in [0.25, 0.3) is 0 Å². The molecule has 3 rings (SSSR count). The van der Waals surface area contributed by atoms with Crippen molar-refractivity contribution in [3.8, 4) is 0 Å². The Labute approximate surface area is 82.2 Å². The van der Waals surface area contributed by atoms with Crippen molar-refractivity contribution in [2.75, 3.05) is 25.1 Å². The second-order valence-electron chi connectivity index (χ2n) is 3.72. The molecule has 1 aromatic rings. The number of hydrogen-bond donors (Lipinski definition) is 0. The smallest absolute Gasteiger partial charge is 0.137 e. The first-order valence-corrected chi connectivity index (χ1v) is 4.72. The van der Waals surface area contributed by atoms with Gasteiger partial charge in [0.25, 0.3) is 0 Å². The maximum atomic E-state index is 5.13. The molecule has 14 heavy (non-hydrogen) atoms. The van der Waals surface area contributed by atoms with Gasteiger partial charge in [0.1, 0.15) is 12.4 Å². The molecule has 72 valence electrons. The molecule has 0 spiro atoms. The summed E-state index contributed by atoms with van der Waals surface area (Å²) in [5.74, 6) is 1.42. The highest BCUT2D eigenvalue weighted by Gasteiger charge is 2.33. The second kappa shape index (κ2) is 2.70. The topological polar surface area (TPSA) is 37.7 Å². The van der Waals surface area contributed by atoms with Gasteiger partial charge in [-0.3, -0.25) is 0 Å². The van der Waals surface area contributed by atoms with E-state index in [1.165, 1.54) is 0 Å². The van der Waals surface area contributed by atoms with E-state index >= 15 is 0 Å². The molecule has 4 heteroatoms. The highest BCUT2D eigenvalue weighted by Crippen LogP contribution is 2.29. The van der Waals surface area contributed by atoms with Crippen LogP contribution in [0.5, 0.6) is 0 Å².